The molecule has 2 rings (SSSR count). The van der Waals surface area contributed by atoms with Crippen LogP contribution in [-0.4, -0.2) is 25.4 Å². The number of rotatable bonds is 7. The molecule has 1 heterocycles. The van der Waals surface area contributed by atoms with Crippen LogP contribution >= 0.6 is 0 Å². The van der Waals surface area contributed by atoms with E-state index < -0.39 is 0 Å². The Hall–Kier alpha value is -1.32. The van der Waals surface area contributed by atoms with Crippen molar-refractivity contribution in [2.45, 2.75) is 39.3 Å². The van der Waals surface area contributed by atoms with Crippen LogP contribution < -0.4 is 10.1 Å². The topological polar surface area (TPSA) is 30.5 Å². The molecule has 0 radical (unpaired) electrons. The number of nitrogens with one attached hydrogen (secondary N) is 1. The highest BCUT2D eigenvalue weighted by atomic mass is 16.5. The lowest BCUT2D eigenvalue weighted by molar-refractivity contribution is 0.138. The average molecular weight is 275 g/mol. The van der Waals surface area contributed by atoms with Crippen molar-refractivity contribution in [2.24, 2.45) is 0 Å². The number of hydrogen-bond donors (Lipinski definition) is 1. The zero-order valence-corrected chi connectivity index (χ0v) is 12.8. The quantitative estimate of drug-likeness (QED) is 0.613. The Morgan fingerprint density at radius 1 is 1.45 bits per heavy atom. The van der Waals surface area contributed by atoms with Crippen molar-refractivity contribution in [2.75, 3.05) is 19.8 Å². The Balaban J connectivity index is 1.74. The van der Waals surface area contributed by atoms with Gasteiger partial charge in [-0.1, -0.05) is 24.3 Å². The van der Waals surface area contributed by atoms with Gasteiger partial charge >= 0.3 is 0 Å². The number of ether oxygens (including phenoxy) is 2. The van der Waals surface area contributed by atoms with Crippen molar-refractivity contribution in [1.29, 1.82) is 0 Å². The normalized spacial score (nSPS) is 15.8. The van der Waals surface area contributed by atoms with Gasteiger partial charge in [0, 0.05) is 19.5 Å². The van der Waals surface area contributed by atoms with Gasteiger partial charge < -0.3 is 14.8 Å². The molecular weight excluding hydrogens is 250 g/mol. The van der Waals surface area contributed by atoms with Gasteiger partial charge in [0.1, 0.15) is 11.4 Å². The van der Waals surface area contributed by atoms with Crippen LogP contribution in [0.2, 0.25) is 0 Å². The molecule has 1 aliphatic heterocycles. The van der Waals surface area contributed by atoms with E-state index in [1.807, 2.05) is 6.92 Å². The Morgan fingerprint density at radius 3 is 3.00 bits per heavy atom. The monoisotopic (exact) mass is 275 g/mol. The number of hydrogen-bond acceptors (Lipinski definition) is 3. The highest BCUT2D eigenvalue weighted by Crippen LogP contribution is 2.35. The van der Waals surface area contributed by atoms with Gasteiger partial charge in [-0.25, -0.2) is 0 Å². The van der Waals surface area contributed by atoms with Crippen LogP contribution in [0, 0.1) is 0 Å². The summed E-state index contributed by atoms with van der Waals surface area (Å²) in [7, 11) is 0. The van der Waals surface area contributed by atoms with Gasteiger partial charge in [0.2, 0.25) is 0 Å². The lowest BCUT2D eigenvalue weighted by Crippen LogP contribution is -2.24. The summed E-state index contributed by atoms with van der Waals surface area (Å²) >= 11 is 0. The van der Waals surface area contributed by atoms with Gasteiger partial charge in [0.25, 0.3) is 0 Å². The molecule has 0 bridgehead atoms. The van der Waals surface area contributed by atoms with Crippen LogP contribution in [0.1, 0.15) is 31.9 Å². The molecule has 0 saturated carbocycles. The van der Waals surface area contributed by atoms with E-state index >= 15 is 0 Å². The van der Waals surface area contributed by atoms with Crippen LogP contribution in [-0.2, 0) is 17.7 Å². The number of benzene rings is 1. The zero-order chi connectivity index (χ0) is 14.6. The summed E-state index contributed by atoms with van der Waals surface area (Å²) in [5, 5.41) is 3.39. The molecule has 0 atom stereocenters. The lowest BCUT2D eigenvalue weighted by atomic mass is 10.0. The molecule has 1 aliphatic rings. The molecule has 0 unspecified atom stereocenters. The second kappa shape index (κ2) is 6.42. The molecule has 1 N–H and O–H groups in total. The van der Waals surface area contributed by atoms with E-state index in [9.17, 15) is 0 Å². The Kier molecular flexibility index (Phi) is 4.84. The third-order valence-electron chi connectivity index (χ3n) is 3.23. The predicted octanol–water partition coefficient (Wildman–Crippen LogP) is 3.08. The fourth-order valence-corrected chi connectivity index (χ4v) is 2.40. The molecule has 0 spiro atoms. The first-order valence-corrected chi connectivity index (χ1v) is 7.20. The molecule has 0 aliphatic carbocycles. The summed E-state index contributed by atoms with van der Waals surface area (Å²) in [5.74, 6) is 1.03. The van der Waals surface area contributed by atoms with Crippen LogP contribution in [0.5, 0.6) is 5.75 Å². The van der Waals surface area contributed by atoms with Crippen molar-refractivity contribution in [1.82, 2.24) is 5.32 Å². The second-order valence-electron chi connectivity index (χ2n) is 6.17. The minimum absolute atomic E-state index is 0.0647. The molecule has 3 heteroatoms. The van der Waals surface area contributed by atoms with Crippen LogP contribution in [0.4, 0.5) is 0 Å². The van der Waals surface area contributed by atoms with E-state index in [0.29, 0.717) is 13.2 Å². The molecule has 110 valence electrons. The Bertz CT molecular complexity index is 480. The summed E-state index contributed by atoms with van der Waals surface area (Å²) < 4.78 is 11.3. The van der Waals surface area contributed by atoms with Gasteiger partial charge in [-0.15, -0.1) is 0 Å². The van der Waals surface area contributed by atoms with Crippen LogP contribution in [0.25, 0.3) is 0 Å². The highest BCUT2D eigenvalue weighted by molar-refractivity contribution is 5.41. The van der Waals surface area contributed by atoms with E-state index in [1.54, 1.807) is 0 Å². The van der Waals surface area contributed by atoms with Gasteiger partial charge in [-0.05, 0) is 38.0 Å². The largest absolute Gasteiger partial charge is 0.487 e. The smallest absolute Gasteiger partial charge is 0.123 e. The first-order valence-electron chi connectivity index (χ1n) is 7.20. The van der Waals surface area contributed by atoms with E-state index in [2.05, 4.69) is 43.9 Å². The zero-order valence-electron chi connectivity index (χ0n) is 12.8. The first kappa shape index (κ1) is 15.1. The summed E-state index contributed by atoms with van der Waals surface area (Å²) in [6, 6.07) is 6.45. The van der Waals surface area contributed by atoms with Crippen LogP contribution in [0.15, 0.2) is 30.4 Å². The van der Waals surface area contributed by atoms with Crippen molar-refractivity contribution in [3.63, 3.8) is 0 Å². The highest BCUT2D eigenvalue weighted by Gasteiger charge is 2.29. The standard InChI is InChI=1S/C17H25NO2/c1-13(2)12-19-8-7-18-11-14-5-6-16-15(9-14)10-17(3,4)20-16/h5-6,9,18H,1,7-8,10-12H2,2-4H3. The fraction of sp³-hybridized carbons (Fsp3) is 0.529. The maximum Gasteiger partial charge on any atom is 0.123 e. The Labute approximate surface area is 122 Å². The molecule has 20 heavy (non-hydrogen) atoms. The average Bonchev–Trinajstić information content (AvgIpc) is 2.66. The van der Waals surface area contributed by atoms with E-state index in [4.69, 9.17) is 9.47 Å². The molecule has 1 aromatic rings. The van der Waals surface area contributed by atoms with Crippen molar-refractivity contribution in [3.05, 3.63) is 41.5 Å². The van der Waals surface area contributed by atoms with Gasteiger partial charge in [0.05, 0.1) is 13.2 Å². The molecule has 0 amide bonds. The third kappa shape index (κ3) is 4.36. The van der Waals surface area contributed by atoms with E-state index in [-0.39, 0.29) is 5.60 Å². The molecular formula is C17H25NO2. The molecule has 0 saturated heterocycles. The summed E-state index contributed by atoms with van der Waals surface area (Å²) in [4.78, 5) is 0. The SMILES string of the molecule is C=C(C)COCCNCc1ccc2c(c1)CC(C)(C)O2. The van der Waals surface area contributed by atoms with E-state index in [1.165, 1.54) is 11.1 Å². The third-order valence-corrected chi connectivity index (χ3v) is 3.23. The van der Waals surface area contributed by atoms with Crippen molar-refractivity contribution >= 4 is 0 Å². The molecule has 1 aromatic carbocycles. The minimum Gasteiger partial charge on any atom is -0.487 e. The van der Waals surface area contributed by atoms with Crippen molar-refractivity contribution in [3.8, 4) is 5.75 Å². The van der Waals surface area contributed by atoms with Gasteiger partial charge in [-0.3, -0.25) is 0 Å². The maximum absolute atomic E-state index is 5.88. The number of fused-ring (bicyclic) bond motifs is 1. The molecule has 3 nitrogen and oxygen atoms in total. The van der Waals surface area contributed by atoms with E-state index in [0.717, 1.165) is 30.8 Å². The summed E-state index contributed by atoms with van der Waals surface area (Å²) in [6.07, 6.45) is 0.984. The lowest BCUT2D eigenvalue weighted by Gasteiger charge is -2.16. The van der Waals surface area contributed by atoms with Gasteiger partial charge in [-0.2, -0.15) is 0 Å². The summed E-state index contributed by atoms with van der Waals surface area (Å²) in [6.45, 7) is 13.1. The molecule has 0 aromatic heterocycles. The maximum atomic E-state index is 5.88. The predicted molar refractivity (Wildman–Crippen MR) is 82.2 cm³/mol. The minimum atomic E-state index is -0.0647. The first-order chi connectivity index (χ1) is 9.46. The molecule has 0 fully saturated rings. The second-order valence-corrected chi connectivity index (χ2v) is 6.17. The Morgan fingerprint density at radius 2 is 2.25 bits per heavy atom. The van der Waals surface area contributed by atoms with Gasteiger partial charge in [0.15, 0.2) is 0 Å². The van der Waals surface area contributed by atoms with Crippen molar-refractivity contribution < 1.29 is 9.47 Å². The summed E-state index contributed by atoms with van der Waals surface area (Å²) in [5.41, 5.74) is 3.61. The van der Waals surface area contributed by atoms with Crippen LogP contribution in [0.3, 0.4) is 0 Å². The fourth-order valence-electron chi connectivity index (χ4n) is 2.40.